The first-order valence-electron chi connectivity index (χ1n) is 7.97. The zero-order valence-electron chi connectivity index (χ0n) is 15.1. The van der Waals surface area contributed by atoms with Gasteiger partial charge in [-0.1, -0.05) is 12.1 Å². The molecule has 0 fully saturated rings. The third-order valence-corrected chi connectivity index (χ3v) is 4.33. The van der Waals surface area contributed by atoms with E-state index >= 15 is 0 Å². The van der Waals surface area contributed by atoms with Crippen molar-refractivity contribution in [1.29, 1.82) is 0 Å². The Bertz CT molecular complexity index is 784. The van der Waals surface area contributed by atoms with Crippen LogP contribution in [-0.2, 0) is 10.2 Å². The van der Waals surface area contributed by atoms with Crippen molar-refractivity contribution >= 4 is 17.6 Å². The second-order valence-electron chi connectivity index (χ2n) is 6.60. The fraction of sp³-hybridized carbons (Fsp3) is 0.300. The third-order valence-electron chi connectivity index (χ3n) is 4.33. The highest BCUT2D eigenvalue weighted by Crippen LogP contribution is 2.26. The van der Waals surface area contributed by atoms with Gasteiger partial charge >= 0.3 is 5.97 Å². The van der Waals surface area contributed by atoms with Gasteiger partial charge in [0, 0.05) is 11.3 Å². The molecule has 5 nitrogen and oxygen atoms in total. The van der Waals surface area contributed by atoms with Gasteiger partial charge in [-0.15, -0.1) is 0 Å². The Labute approximate surface area is 147 Å². The molecular weight excluding hydrogens is 318 g/mol. The maximum Gasteiger partial charge on any atom is 0.313 e. The van der Waals surface area contributed by atoms with Gasteiger partial charge in [0.15, 0.2) is 0 Å². The molecule has 1 amide bonds. The van der Waals surface area contributed by atoms with E-state index in [2.05, 4.69) is 5.32 Å². The number of aliphatic carboxylic acids is 1. The standard InChI is InChI=1S/C20H23NO4/c1-12-10-14(11-13(2)17(12)25-5)18(22)21-16-8-6-15(7-9-16)20(3,4)19(23)24/h6-11H,1-5H3,(H,21,22)(H,23,24). The van der Waals surface area contributed by atoms with Crippen LogP contribution >= 0.6 is 0 Å². The predicted molar refractivity (Wildman–Crippen MR) is 97.5 cm³/mol. The molecule has 0 saturated heterocycles. The number of rotatable bonds is 5. The molecule has 0 saturated carbocycles. The summed E-state index contributed by atoms with van der Waals surface area (Å²) in [5.74, 6) is -0.343. The number of methoxy groups -OCH3 is 1. The molecule has 0 radical (unpaired) electrons. The smallest absolute Gasteiger partial charge is 0.313 e. The Morgan fingerprint density at radius 1 is 1.04 bits per heavy atom. The van der Waals surface area contributed by atoms with E-state index in [1.165, 1.54) is 0 Å². The zero-order valence-corrected chi connectivity index (χ0v) is 15.1. The highest BCUT2D eigenvalue weighted by atomic mass is 16.5. The summed E-state index contributed by atoms with van der Waals surface area (Å²) in [5, 5.41) is 12.1. The zero-order chi connectivity index (χ0) is 18.8. The van der Waals surface area contributed by atoms with E-state index in [1.54, 1.807) is 57.4 Å². The van der Waals surface area contributed by atoms with Crippen molar-refractivity contribution in [3.63, 3.8) is 0 Å². The summed E-state index contributed by atoms with van der Waals surface area (Å²) in [6, 6.07) is 10.4. The summed E-state index contributed by atoms with van der Waals surface area (Å²) in [6.07, 6.45) is 0. The van der Waals surface area contributed by atoms with Gasteiger partial charge in [0.2, 0.25) is 0 Å². The predicted octanol–water partition coefficient (Wildman–Crippen LogP) is 3.93. The Hall–Kier alpha value is -2.82. The molecule has 0 heterocycles. The van der Waals surface area contributed by atoms with Crippen molar-refractivity contribution < 1.29 is 19.4 Å². The van der Waals surface area contributed by atoms with Gasteiger partial charge in [0.05, 0.1) is 12.5 Å². The summed E-state index contributed by atoms with van der Waals surface area (Å²) >= 11 is 0. The summed E-state index contributed by atoms with van der Waals surface area (Å²) in [5.41, 5.74) is 2.64. The summed E-state index contributed by atoms with van der Waals surface area (Å²) < 4.78 is 5.31. The van der Waals surface area contributed by atoms with Crippen molar-refractivity contribution in [3.05, 3.63) is 58.7 Å². The second-order valence-corrected chi connectivity index (χ2v) is 6.60. The van der Waals surface area contributed by atoms with Crippen LogP contribution in [0.15, 0.2) is 36.4 Å². The first-order chi connectivity index (χ1) is 11.7. The molecule has 0 aromatic heterocycles. The van der Waals surface area contributed by atoms with Gasteiger partial charge in [0.25, 0.3) is 5.91 Å². The third kappa shape index (κ3) is 3.82. The van der Waals surface area contributed by atoms with Crippen molar-refractivity contribution in [3.8, 4) is 5.75 Å². The largest absolute Gasteiger partial charge is 0.496 e. The molecule has 0 unspecified atom stereocenters. The Morgan fingerprint density at radius 2 is 1.56 bits per heavy atom. The minimum Gasteiger partial charge on any atom is -0.496 e. The lowest BCUT2D eigenvalue weighted by Gasteiger charge is -2.20. The minimum atomic E-state index is -0.979. The second kappa shape index (κ2) is 6.97. The molecule has 0 aliphatic rings. The number of carbonyl (C=O) groups excluding carboxylic acids is 1. The molecule has 132 valence electrons. The van der Waals surface area contributed by atoms with Gasteiger partial charge in [0.1, 0.15) is 5.75 Å². The van der Waals surface area contributed by atoms with Gasteiger partial charge in [-0.3, -0.25) is 9.59 Å². The van der Waals surface area contributed by atoms with E-state index in [9.17, 15) is 14.7 Å². The number of anilines is 1. The maximum atomic E-state index is 12.5. The van der Waals surface area contributed by atoms with Crippen molar-refractivity contribution in [2.24, 2.45) is 0 Å². The summed E-state index contributed by atoms with van der Waals surface area (Å²) in [7, 11) is 1.61. The van der Waals surface area contributed by atoms with Crippen LogP contribution in [0, 0.1) is 13.8 Å². The van der Waals surface area contributed by atoms with Crippen LogP contribution in [0.1, 0.15) is 40.9 Å². The van der Waals surface area contributed by atoms with Crippen molar-refractivity contribution in [2.75, 3.05) is 12.4 Å². The molecular formula is C20H23NO4. The van der Waals surface area contributed by atoms with E-state index in [0.717, 1.165) is 16.9 Å². The van der Waals surface area contributed by atoms with Crippen molar-refractivity contribution in [1.82, 2.24) is 0 Å². The van der Waals surface area contributed by atoms with Crippen molar-refractivity contribution in [2.45, 2.75) is 33.1 Å². The molecule has 0 atom stereocenters. The molecule has 0 aliphatic heterocycles. The Morgan fingerprint density at radius 3 is 2.00 bits per heavy atom. The van der Waals surface area contributed by atoms with Gasteiger partial charge < -0.3 is 15.2 Å². The van der Waals surface area contributed by atoms with Crippen LogP contribution in [0.5, 0.6) is 5.75 Å². The topological polar surface area (TPSA) is 75.6 Å². The van der Waals surface area contributed by atoms with Crippen LogP contribution in [0.4, 0.5) is 5.69 Å². The molecule has 0 aliphatic carbocycles. The quantitative estimate of drug-likeness (QED) is 0.864. The molecule has 25 heavy (non-hydrogen) atoms. The normalized spacial score (nSPS) is 11.1. The number of carboxylic acid groups (broad SMARTS) is 1. The lowest BCUT2D eigenvalue weighted by molar-refractivity contribution is -0.142. The first-order valence-corrected chi connectivity index (χ1v) is 7.97. The van der Waals surface area contributed by atoms with E-state index in [1.807, 2.05) is 13.8 Å². The number of amides is 1. The van der Waals surface area contributed by atoms with Gasteiger partial charge in [-0.2, -0.15) is 0 Å². The Kier molecular flexibility index (Phi) is 5.16. The molecule has 2 rings (SSSR count). The fourth-order valence-electron chi connectivity index (χ4n) is 2.70. The molecule has 0 spiro atoms. The number of hydrogen-bond donors (Lipinski definition) is 2. The van der Waals surface area contributed by atoms with Gasteiger partial charge in [-0.05, 0) is 68.7 Å². The molecule has 2 N–H and O–H groups in total. The number of nitrogens with one attached hydrogen (secondary N) is 1. The van der Waals surface area contributed by atoms with Crippen LogP contribution in [0.3, 0.4) is 0 Å². The van der Waals surface area contributed by atoms with E-state index in [4.69, 9.17) is 4.74 Å². The summed E-state index contributed by atoms with van der Waals surface area (Å²) in [6.45, 7) is 7.08. The SMILES string of the molecule is COc1c(C)cc(C(=O)Nc2ccc(C(C)(C)C(=O)O)cc2)cc1C. The number of benzene rings is 2. The monoisotopic (exact) mass is 341 g/mol. The minimum absolute atomic E-state index is 0.223. The average molecular weight is 341 g/mol. The lowest BCUT2D eigenvalue weighted by Crippen LogP contribution is -2.28. The van der Waals surface area contributed by atoms with E-state index in [-0.39, 0.29) is 5.91 Å². The highest BCUT2D eigenvalue weighted by molar-refractivity contribution is 6.04. The van der Waals surface area contributed by atoms with E-state index in [0.29, 0.717) is 16.8 Å². The molecule has 5 heteroatoms. The molecule has 0 bridgehead atoms. The first kappa shape index (κ1) is 18.5. The maximum absolute atomic E-state index is 12.5. The van der Waals surface area contributed by atoms with Crippen LogP contribution in [0.2, 0.25) is 0 Å². The molecule has 2 aromatic rings. The van der Waals surface area contributed by atoms with E-state index < -0.39 is 11.4 Å². The number of carbonyl (C=O) groups is 2. The highest BCUT2D eigenvalue weighted by Gasteiger charge is 2.29. The molecule has 2 aromatic carbocycles. The number of ether oxygens (including phenoxy) is 1. The van der Waals surface area contributed by atoms with Crippen LogP contribution in [0.25, 0.3) is 0 Å². The number of hydrogen-bond acceptors (Lipinski definition) is 3. The fourth-order valence-corrected chi connectivity index (χ4v) is 2.70. The Balaban J connectivity index is 2.20. The number of aryl methyl sites for hydroxylation is 2. The lowest BCUT2D eigenvalue weighted by atomic mass is 9.85. The average Bonchev–Trinajstić information content (AvgIpc) is 2.54. The summed E-state index contributed by atoms with van der Waals surface area (Å²) in [4.78, 5) is 23.8. The van der Waals surface area contributed by atoms with Gasteiger partial charge in [-0.25, -0.2) is 0 Å². The number of carboxylic acids is 1. The van der Waals surface area contributed by atoms with Crippen LogP contribution in [-0.4, -0.2) is 24.1 Å². The van der Waals surface area contributed by atoms with Crippen LogP contribution < -0.4 is 10.1 Å².